The highest BCUT2D eigenvalue weighted by atomic mass is 16.7. The second kappa shape index (κ2) is 6.98. The van der Waals surface area contributed by atoms with Crippen LogP contribution in [0.25, 0.3) is 0 Å². The highest BCUT2D eigenvalue weighted by Gasteiger charge is 2.19. The molecule has 0 radical (unpaired) electrons. The Balaban J connectivity index is 1.61. The molecular weight excluding hydrogens is 282 g/mol. The van der Waals surface area contributed by atoms with Gasteiger partial charge < -0.3 is 14.5 Å². The van der Waals surface area contributed by atoms with E-state index in [1.807, 2.05) is 9.96 Å². The first-order valence-electron chi connectivity index (χ1n) is 7.83. The molecule has 6 heteroatoms. The van der Waals surface area contributed by atoms with E-state index in [9.17, 15) is 4.79 Å². The minimum absolute atomic E-state index is 0.163. The lowest BCUT2D eigenvalue weighted by molar-refractivity contribution is -0.129. The van der Waals surface area contributed by atoms with E-state index in [2.05, 4.69) is 29.2 Å². The molecule has 1 aromatic rings. The molecule has 3 rings (SSSR count). The molecule has 0 spiro atoms. The maximum absolute atomic E-state index is 11.4. The number of carbonyl (C=O) groups excluding carboxylic acids is 1. The average Bonchev–Trinajstić information content (AvgIpc) is 2.84. The summed E-state index contributed by atoms with van der Waals surface area (Å²) in [4.78, 5) is 21.2. The van der Waals surface area contributed by atoms with Crippen molar-refractivity contribution in [1.82, 2.24) is 4.90 Å². The van der Waals surface area contributed by atoms with Crippen LogP contribution in [0.4, 0.5) is 11.4 Å². The molecule has 2 aliphatic rings. The Morgan fingerprint density at radius 1 is 0.909 bits per heavy atom. The lowest BCUT2D eigenvalue weighted by Crippen LogP contribution is -2.48. The lowest BCUT2D eigenvalue weighted by Gasteiger charge is -2.35. The van der Waals surface area contributed by atoms with E-state index in [4.69, 9.17) is 9.57 Å². The molecular formula is C16H23N3O3. The summed E-state index contributed by atoms with van der Waals surface area (Å²) in [6.45, 7) is 7.66. The highest BCUT2D eigenvalue weighted by Crippen LogP contribution is 2.22. The fourth-order valence-corrected chi connectivity index (χ4v) is 2.83. The largest absolute Gasteiger partial charge is 0.377 e. The van der Waals surface area contributed by atoms with Gasteiger partial charge in [0.1, 0.15) is 0 Å². The van der Waals surface area contributed by atoms with Crippen molar-refractivity contribution < 1.29 is 14.4 Å². The number of hydrogen-bond acceptors (Lipinski definition) is 5. The smallest absolute Gasteiger partial charge is 0.219 e. The third-order valence-corrected chi connectivity index (χ3v) is 4.14. The highest BCUT2D eigenvalue weighted by molar-refractivity contribution is 5.73. The number of hydroxylamine groups is 1. The summed E-state index contributed by atoms with van der Waals surface area (Å²) in [5.41, 5.74) is 2.25. The Labute approximate surface area is 131 Å². The second-order valence-corrected chi connectivity index (χ2v) is 5.56. The number of nitrogens with zero attached hydrogens (tertiary/aromatic N) is 3. The van der Waals surface area contributed by atoms with Crippen LogP contribution < -0.4 is 9.96 Å². The first-order chi connectivity index (χ1) is 10.7. The van der Waals surface area contributed by atoms with Crippen molar-refractivity contribution in [3.8, 4) is 0 Å². The third kappa shape index (κ3) is 3.51. The summed E-state index contributed by atoms with van der Waals surface area (Å²) in [5.74, 6) is 0.163. The molecule has 120 valence electrons. The van der Waals surface area contributed by atoms with E-state index in [1.165, 1.54) is 5.69 Å². The topological polar surface area (TPSA) is 45.3 Å². The van der Waals surface area contributed by atoms with Gasteiger partial charge in [0.05, 0.1) is 32.1 Å². The number of ether oxygens (including phenoxy) is 1. The monoisotopic (exact) mass is 305 g/mol. The molecule has 2 heterocycles. The predicted molar refractivity (Wildman–Crippen MR) is 85.0 cm³/mol. The van der Waals surface area contributed by atoms with Gasteiger partial charge in [0, 0.05) is 38.8 Å². The van der Waals surface area contributed by atoms with Crippen LogP contribution >= 0.6 is 0 Å². The van der Waals surface area contributed by atoms with Gasteiger partial charge in [-0.25, -0.2) is 0 Å². The molecule has 1 aromatic carbocycles. The summed E-state index contributed by atoms with van der Waals surface area (Å²) in [5, 5.41) is 1.89. The molecule has 6 nitrogen and oxygen atoms in total. The number of carbonyl (C=O) groups is 1. The van der Waals surface area contributed by atoms with Crippen molar-refractivity contribution in [3.05, 3.63) is 24.3 Å². The van der Waals surface area contributed by atoms with Crippen LogP contribution in [0.2, 0.25) is 0 Å². The zero-order valence-electron chi connectivity index (χ0n) is 13.0. The maximum Gasteiger partial charge on any atom is 0.219 e. The van der Waals surface area contributed by atoms with Crippen LogP contribution in [0.1, 0.15) is 6.92 Å². The fraction of sp³-hybridized carbons (Fsp3) is 0.562. The molecule has 1 amide bonds. The van der Waals surface area contributed by atoms with Crippen LogP contribution in [-0.4, -0.2) is 63.4 Å². The Kier molecular flexibility index (Phi) is 4.80. The lowest BCUT2D eigenvalue weighted by atomic mass is 10.2. The number of piperazine rings is 1. The van der Waals surface area contributed by atoms with Crippen molar-refractivity contribution in [2.45, 2.75) is 6.92 Å². The van der Waals surface area contributed by atoms with Crippen LogP contribution in [0.3, 0.4) is 0 Å². The Bertz CT molecular complexity index is 490. The van der Waals surface area contributed by atoms with Crippen molar-refractivity contribution in [2.75, 3.05) is 62.5 Å². The van der Waals surface area contributed by atoms with Gasteiger partial charge in [0.2, 0.25) is 5.91 Å². The SMILES string of the molecule is CC(=O)N1CCN(c2ccc(N3CCOCCO3)cc2)CC1. The molecule has 0 atom stereocenters. The molecule has 0 aliphatic carbocycles. The summed E-state index contributed by atoms with van der Waals surface area (Å²) in [7, 11) is 0. The Morgan fingerprint density at radius 3 is 2.27 bits per heavy atom. The molecule has 0 saturated carbocycles. The Hall–Kier alpha value is -1.79. The van der Waals surface area contributed by atoms with Crippen molar-refractivity contribution in [3.63, 3.8) is 0 Å². The number of benzene rings is 1. The van der Waals surface area contributed by atoms with Gasteiger partial charge in [0.25, 0.3) is 0 Å². The zero-order chi connectivity index (χ0) is 15.4. The standard InChI is InChI=1S/C16H23N3O3/c1-14(20)17-6-8-18(9-7-17)15-2-4-16(5-3-15)19-10-11-21-12-13-22-19/h2-5H,6-13H2,1H3. The minimum Gasteiger partial charge on any atom is -0.377 e. The summed E-state index contributed by atoms with van der Waals surface area (Å²) in [6, 6.07) is 8.40. The van der Waals surface area contributed by atoms with Gasteiger partial charge in [-0.3, -0.25) is 14.7 Å². The predicted octanol–water partition coefficient (Wildman–Crippen LogP) is 1.12. The molecule has 22 heavy (non-hydrogen) atoms. The second-order valence-electron chi connectivity index (χ2n) is 5.56. The average molecular weight is 305 g/mol. The molecule has 0 N–H and O–H groups in total. The quantitative estimate of drug-likeness (QED) is 0.819. The summed E-state index contributed by atoms with van der Waals surface area (Å²) < 4.78 is 5.39. The molecule has 2 aliphatic heterocycles. The molecule has 0 unspecified atom stereocenters. The normalized spacial score (nSPS) is 20.0. The van der Waals surface area contributed by atoms with Gasteiger partial charge in [-0.05, 0) is 24.3 Å². The van der Waals surface area contributed by atoms with Crippen LogP contribution in [-0.2, 0) is 14.4 Å². The van der Waals surface area contributed by atoms with E-state index in [0.717, 1.165) is 38.4 Å². The van der Waals surface area contributed by atoms with Crippen LogP contribution in [0.5, 0.6) is 0 Å². The van der Waals surface area contributed by atoms with Gasteiger partial charge >= 0.3 is 0 Å². The van der Waals surface area contributed by atoms with E-state index in [0.29, 0.717) is 19.8 Å². The molecule has 0 bridgehead atoms. The maximum atomic E-state index is 11.4. The molecule has 2 fully saturated rings. The van der Waals surface area contributed by atoms with Crippen molar-refractivity contribution in [2.24, 2.45) is 0 Å². The van der Waals surface area contributed by atoms with E-state index < -0.39 is 0 Å². The van der Waals surface area contributed by atoms with Gasteiger partial charge in [0.15, 0.2) is 0 Å². The van der Waals surface area contributed by atoms with Gasteiger partial charge in [-0.2, -0.15) is 0 Å². The van der Waals surface area contributed by atoms with Gasteiger partial charge in [-0.15, -0.1) is 0 Å². The zero-order valence-corrected chi connectivity index (χ0v) is 13.0. The molecule has 0 aromatic heterocycles. The van der Waals surface area contributed by atoms with E-state index in [-0.39, 0.29) is 5.91 Å². The van der Waals surface area contributed by atoms with Crippen molar-refractivity contribution in [1.29, 1.82) is 0 Å². The van der Waals surface area contributed by atoms with Gasteiger partial charge in [-0.1, -0.05) is 0 Å². The first kappa shape index (κ1) is 15.1. The summed E-state index contributed by atoms with van der Waals surface area (Å²) >= 11 is 0. The van der Waals surface area contributed by atoms with Crippen LogP contribution in [0.15, 0.2) is 24.3 Å². The number of anilines is 2. The first-order valence-corrected chi connectivity index (χ1v) is 7.83. The third-order valence-electron chi connectivity index (χ3n) is 4.14. The minimum atomic E-state index is 0.163. The van der Waals surface area contributed by atoms with E-state index in [1.54, 1.807) is 6.92 Å². The van der Waals surface area contributed by atoms with Crippen LogP contribution in [0, 0.1) is 0 Å². The Morgan fingerprint density at radius 2 is 1.59 bits per heavy atom. The number of amides is 1. The fourth-order valence-electron chi connectivity index (χ4n) is 2.83. The summed E-state index contributed by atoms with van der Waals surface area (Å²) in [6.07, 6.45) is 0. The number of rotatable bonds is 2. The number of hydrogen-bond donors (Lipinski definition) is 0. The van der Waals surface area contributed by atoms with E-state index >= 15 is 0 Å². The van der Waals surface area contributed by atoms with Crippen molar-refractivity contribution >= 4 is 17.3 Å². The molecule has 2 saturated heterocycles.